The zero-order chi connectivity index (χ0) is 14.7. The van der Waals surface area contributed by atoms with Crippen LogP contribution in [-0.2, 0) is 9.31 Å². The molecule has 1 aliphatic heterocycles. The molecule has 1 saturated carbocycles. The average molecular weight is 341 g/mol. The van der Waals surface area contributed by atoms with E-state index in [1.807, 2.05) is 6.07 Å². The van der Waals surface area contributed by atoms with Crippen LogP contribution >= 0.6 is 15.9 Å². The number of halogens is 2. The summed E-state index contributed by atoms with van der Waals surface area (Å²) in [7, 11) is -0.165. The summed E-state index contributed by atoms with van der Waals surface area (Å²) in [6.07, 6.45) is 1.03. The number of rotatable bonds is 2. The Morgan fingerprint density at radius 2 is 1.80 bits per heavy atom. The Morgan fingerprint density at radius 1 is 1.20 bits per heavy atom. The first kappa shape index (κ1) is 14.5. The molecule has 2 aliphatic rings. The van der Waals surface area contributed by atoms with Crippen molar-refractivity contribution >= 4 is 23.0 Å². The predicted molar refractivity (Wildman–Crippen MR) is 81.3 cm³/mol. The second kappa shape index (κ2) is 4.55. The summed E-state index contributed by atoms with van der Waals surface area (Å²) in [4.78, 5) is 0. The van der Waals surface area contributed by atoms with Gasteiger partial charge < -0.3 is 9.31 Å². The lowest BCUT2D eigenvalue weighted by Crippen LogP contribution is -2.41. The van der Waals surface area contributed by atoms with Crippen molar-refractivity contribution < 1.29 is 13.7 Å². The van der Waals surface area contributed by atoms with Gasteiger partial charge in [0.2, 0.25) is 0 Å². The molecule has 3 rings (SSSR count). The van der Waals surface area contributed by atoms with Gasteiger partial charge in [0.15, 0.2) is 0 Å². The minimum absolute atomic E-state index is 0.165. The first-order valence-electron chi connectivity index (χ1n) is 7.02. The Labute approximate surface area is 128 Å². The third-order valence-corrected chi connectivity index (χ3v) is 5.51. The Bertz CT molecular complexity index is 531. The number of benzene rings is 1. The van der Waals surface area contributed by atoms with Gasteiger partial charge in [0.05, 0.1) is 11.2 Å². The van der Waals surface area contributed by atoms with Crippen LogP contribution in [0.1, 0.15) is 45.6 Å². The molecule has 0 spiro atoms. The van der Waals surface area contributed by atoms with Gasteiger partial charge >= 0.3 is 7.12 Å². The van der Waals surface area contributed by atoms with Gasteiger partial charge in [0, 0.05) is 10.3 Å². The van der Waals surface area contributed by atoms with E-state index in [1.165, 1.54) is 12.1 Å². The third-order valence-electron chi connectivity index (χ3n) is 4.82. The molecule has 2 nitrogen and oxygen atoms in total. The van der Waals surface area contributed by atoms with Gasteiger partial charge in [0.1, 0.15) is 5.82 Å². The quantitative estimate of drug-likeness (QED) is 0.736. The molecule has 0 amide bonds. The SMILES string of the molecule is CC1(C)OB(C2CC2c2ccc(F)cc2Br)OC1(C)C. The molecular weight excluding hydrogens is 322 g/mol. The van der Waals surface area contributed by atoms with Crippen LogP contribution in [-0.4, -0.2) is 18.3 Å². The highest BCUT2D eigenvalue weighted by Gasteiger charge is 2.60. The molecule has 1 saturated heterocycles. The summed E-state index contributed by atoms with van der Waals surface area (Å²) in [5, 5.41) is 0. The highest BCUT2D eigenvalue weighted by atomic mass is 79.9. The van der Waals surface area contributed by atoms with Crippen LogP contribution in [0.4, 0.5) is 4.39 Å². The molecule has 1 aliphatic carbocycles. The van der Waals surface area contributed by atoms with E-state index in [2.05, 4.69) is 43.6 Å². The Hall–Kier alpha value is -0.385. The van der Waals surface area contributed by atoms with Gasteiger partial charge in [-0.05, 0) is 57.7 Å². The highest BCUT2D eigenvalue weighted by molar-refractivity contribution is 9.10. The fraction of sp³-hybridized carbons (Fsp3) is 0.600. The topological polar surface area (TPSA) is 18.5 Å². The second-order valence-corrected chi connectivity index (χ2v) is 7.65. The lowest BCUT2D eigenvalue weighted by Gasteiger charge is -2.32. The van der Waals surface area contributed by atoms with Gasteiger partial charge in [-0.1, -0.05) is 22.0 Å². The van der Waals surface area contributed by atoms with Gasteiger partial charge in [-0.3, -0.25) is 0 Å². The molecule has 0 radical (unpaired) electrons. The first-order valence-corrected chi connectivity index (χ1v) is 7.81. The number of hydrogen-bond donors (Lipinski definition) is 0. The van der Waals surface area contributed by atoms with Gasteiger partial charge in [-0.15, -0.1) is 0 Å². The average Bonchev–Trinajstić information content (AvgIpc) is 3.02. The molecule has 5 heteroatoms. The molecule has 1 heterocycles. The van der Waals surface area contributed by atoms with Crippen molar-refractivity contribution in [3.05, 3.63) is 34.1 Å². The molecule has 0 N–H and O–H groups in total. The molecule has 0 bridgehead atoms. The molecule has 108 valence electrons. The van der Waals surface area contributed by atoms with E-state index in [9.17, 15) is 4.39 Å². The normalized spacial score (nSPS) is 30.6. The van der Waals surface area contributed by atoms with Crippen LogP contribution in [0.15, 0.2) is 22.7 Å². The summed E-state index contributed by atoms with van der Waals surface area (Å²) in [5.41, 5.74) is 0.571. The standard InChI is InChI=1S/C15H19BBrFO2/c1-14(2)15(3,4)20-16(19-14)12-8-11(12)10-6-5-9(18)7-13(10)17/h5-7,11-12H,8H2,1-4H3. The van der Waals surface area contributed by atoms with E-state index in [0.717, 1.165) is 16.5 Å². The maximum atomic E-state index is 13.2. The van der Waals surface area contributed by atoms with Crippen LogP contribution in [0.25, 0.3) is 0 Å². The summed E-state index contributed by atoms with van der Waals surface area (Å²) in [6, 6.07) is 4.89. The largest absolute Gasteiger partial charge is 0.461 e. The molecule has 2 fully saturated rings. The van der Waals surface area contributed by atoms with E-state index in [1.54, 1.807) is 0 Å². The van der Waals surface area contributed by atoms with Crippen LogP contribution in [0.3, 0.4) is 0 Å². The molecule has 20 heavy (non-hydrogen) atoms. The lowest BCUT2D eigenvalue weighted by molar-refractivity contribution is 0.00578. The van der Waals surface area contributed by atoms with Gasteiger partial charge in [-0.2, -0.15) is 0 Å². The lowest BCUT2D eigenvalue weighted by atomic mass is 9.79. The van der Waals surface area contributed by atoms with E-state index in [0.29, 0.717) is 11.7 Å². The maximum Gasteiger partial charge on any atom is 0.461 e. The van der Waals surface area contributed by atoms with Crippen molar-refractivity contribution in [2.75, 3.05) is 0 Å². The van der Waals surface area contributed by atoms with Crippen molar-refractivity contribution in [1.29, 1.82) is 0 Å². The van der Waals surface area contributed by atoms with Crippen molar-refractivity contribution in [3.63, 3.8) is 0 Å². The number of hydrogen-bond acceptors (Lipinski definition) is 2. The minimum atomic E-state index is -0.287. The summed E-state index contributed by atoms with van der Waals surface area (Å²) in [6.45, 7) is 8.27. The minimum Gasteiger partial charge on any atom is -0.403 e. The van der Waals surface area contributed by atoms with E-state index < -0.39 is 0 Å². The van der Waals surface area contributed by atoms with Crippen LogP contribution in [0.5, 0.6) is 0 Å². The van der Waals surface area contributed by atoms with E-state index >= 15 is 0 Å². The monoisotopic (exact) mass is 340 g/mol. The summed E-state index contributed by atoms with van der Waals surface area (Å²) in [5.74, 6) is 0.533. The van der Waals surface area contributed by atoms with Crippen molar-refractivity contribution in [3.8, 4) is 0 Å². The molecule has 1 aromatic rings. The zero-order valence-electron chi connectivity index (χ0n) is 12.2. The maximum absolute atomic E-state index is 13.2. The Morgan fingerprint density at radius 3 is 2.35 bits per heavy atom. The molecule has 1 aromatic carbocycles. The molecule has 0 aromatic heterocycles. The molecule has 2 unspecified atom stereocenters. The molecular formula is C15H19BBrFO2. The predicted octanol–water partition coefficient (Wildman–Crippen LogP) is 4.54. The van der Waals surface area contributed by atoms with E-state index in [-0.39, 0.29) is 24.1 Å². The highest BCUT2D eigenvalue weighted by Crippen LogP contribution is 2.59. The fourth-order valence-electron chi connectivity index (χ4n) is 2.74. The fourth-order valence-corrected chi connectivity index (χ4v) is 3.38. The molecule has 2 atom stereocenters. The van der Waals surface area contributed by atoms with Crippen LogP contribution in [0, 0.1) is 5.82 Å². The first-order chi connectivity index (χ1) is 9.21. The third kappa shape index (κ3) is 2.34. The van der Waals surface area contributed by atoms with E-state index in [4.69, 9.17) is 9.31 Å². The van der Waals surface area contributed by atoms with Crippen LogP contribution in [0.2, 0.25) is 5.82 Å². The van der Waals surface area contributed by atoms with Crippen LogP contribution < -0.4 is 0 Å². The van der Waals surface area contributed by atoms with Crippen molar-refractivity contribution in [2.45, 2.75) is 57.1 Å². The Balaban J connectivity index is 1.74. The summed E-state index contributed by atoms with van der Waals surface area (Å²) >= 11 is 3.45. The smallest absolute Gasteiger partial charge is 0.403 e. The van der Waals surface area contributed by atoms with Gasteiger partial charge in [0.25, 0.3) is 0 Å². The van der Waals surface area contributed by atoms with Crippen molar-refractivity contribution in [2.24, 2.45) is 0 Å². The van der Waals surface area contributed by atoms with Crippen molar-refractivity contribution in [1.82, 2.24) is 0 Å². The summed E-state index contributed by atoms with van der Waals surface area (Å²) < 4.78 is 26.2. The second-order valence-electron chi connectivity index (χ2n) is 6.80. The zero-order valence-corrected chi connectivity index (χ0v) is 13.8. The van der Waals surface area contributed by atoms with Gasteiger partial charge in [-0.25, -0.2) is 4.39 Å². The Kier molecular flexibility index (Phi) is 3.31.